The van der Waals surface area contributed by atoms with Crippen molar-refractivity contribution in [2.75, 3.05) is 4.90 Å². The zero-order valence-electron chi connectivity index (χ0n) is 49.8. The highest BCUT2D eigenvalue weighted by Gasteiger charge is 2.53. The van der Waals surface area contributed by atoms with E-state index in [-0.39, 0.29) is 24.3 Å². The van der Waals surface area contributed by atoms with Crippen molar-refractivity contribution in [2.24, 2.45) is 0 Å². The number of hydrogen-bond donors (Lipinski definition) is 0. The smallest absolute Gasteiger partial charge is 0.258 e. The van der Waals surface area contributed by atoms with Crippen molar-refractivity contribution in [3.63, 3.8) is 0 Å². The molecule has 85 heavy (non-hydrogen) atoms. The Morgan fingerprint density at radius 1 is 0.471 bits per heavy atom. The van der Waals surface area contributed by atoms with Gasteiger partial charge < -0.3 is 14.0 Å². The van der Waals surface area contributed by atoms with Crippen molar-refractivity contribution < 1.29 is 0 Å². The van der Waals surface area contributed by atoms with Gasteiger partial charge >= 0.3 is 0 Å². The zero-order valence-corrected chi connectivity index (χ0v) is 51.6. The zero-order chi connectivity index (χ0) is 57.2. The molecule has 10 aromatic carbocycles. The second kappa shape index (κ2) is 16.0. The van der Waals surface area contributed by atoms with E-state index in [2.05, 4.69) is 282 Å². The van der Waals surface area contributed by atoms with Gasteiger partial charge in [0.05, 0.1) is 0 Å². The van der Waals surface area contributed by atoms with Crippen molar-refractivity contribution in [3.8, 4) is 44.8 Å². The molecule has 0 atom stereocenters. The summed E-state index contributed by atoms with van der Waals surface area (Å²) in [5.74, 6) is 0. The molecule has 0 spiro atoms. The van der Waals surface area contributed by atoms with Crippen LogP contribution in [0.2, 0.25) is 13.1 Å². The Kier molecular flexibility index (Phi) is 9.18. The number of anilines is 2. The number of allylic oxidation sites excluding steroid dienone is 1. The minimum absolute atomic E-state index is 0.0510. The third kappa shape index (κ3) is 5.76. The lowest BCUT2D eigenvalue weighted by atomic mass is 9.30. The molecular formula is C78H61B2N3SSi. The van der Waals surface area contributed by atoms with Crippen LogP contribution in [0.25, 0.3) is 93.1 Å². The van der Waals surface area contributed by atoms with Crippen molar-refractivity contribution in [2.45, 2.75) is 79.3 Å². The molecule has 7 heterocycles. The number of aryl methyl sites for hydroxylation is 2. The number of rotatable bonds is 3. The van der Waals surface area contributed by atoms with Gasteiger partial charge in [0.1, 0.15) is 8.07 Å². The van der Waals surface area contributed by atoms with E-state index < -0.39 is 8.07 Å². The summed E-state index contributed by atoms with van der Waals surface area (Å²) in [4.78, 5) is 2.59. The molecule has 4 aliphatic heterocycles. The van der Waals surface area contributed by atoms with Crippen molar-refractivity contribution in [3.05, 3.63) is 238 Å². The van der Waals surface area contributed by atoms with Gasteiger partial charge in [0, 0.05) is 82.7 Å². The van der Waals surface area contributed by atoms with Crippen LogP contribution < -0.4 is 41.9 Å². The summed E-state index contributed by atoms with van der Waals surface area (Å²) in [7, 11) is -2.30. The molecule has 0 saturated carbocycles. The topological polar surface area (TPSA) is 13.1 Å². The summed E-state index contributed by atoms with van der Waals surface area (Å²) in [6, 6.07) is 73.5. The standard InChI is InChI=1S/C78H61B2N3SSi/c1-42-44(3)81-62-31-21-32-63-69(62)79(75-72(83(63)50-23-12-11-13-24-50)54-26-16-18-30-58(54)78(75,7)8)60-39-49(37-56(42)71(60)81)52-28-20-29-53-57-36-46(34-35-59(57)77(5,6)68(52)53)48-40-64-70-66(41-48)85(9,10)74-55-27-17-19-33-65(55)84-76(74)80(70)61-38-47-22-14-15-25-51(47)67-43(2)45(4)82(64)73(61)67/h11-41H,1-10H3. The average molecular weight is 1120 g/mol. The molecular weight excluding hydrogens is 1060 g/mol. The normalized spacial score (nSPS) is 16.3. The molecule has 0 radical (unpaired) electrons. The maximum Gasteiger partial charge on any atom is 0.258 e. The van der Waals surface area contributed by atoms with E-state index in [1.165, 1.54) is 177 Å². The number of nitrogens with zero attached hydrogens (tertiary/aromatic N) is 3. The first-order valence-electron chi connectivity index (χ1n) is 30.7. The molecule has 0 amide bonds. The van der Waals surface area contributed by atoms with E-state index in [4.69, 9.17) is 0 Å². The van der Waals surface area contributed by atoms with Crippen LogP contribution in [0, 0.1) is 27.7 Å². The third-order valence-electron chi connectivity index (χ3n) is 22.1. The van der Waals surface area contributed by atoms with E-state index in [1.807, 2.05) is 0 Å². The molecule has 13 aromatic rings. The predicted octanol–water partition coefficient (Wildman–Crippen LogP) is 15.1. The summed E-state index contributed by atoms with van der Waals surface area (Å²) in [5, 5.41) is 10.1. The van der Waals surface area contributed by atoms with E-state index in [9.17, 15) is 0 Å². The van der Waals surface area contributed by atoms with Gasteiger partial charge in [0.15, 0.2) is 0 Å². The van der Waals surface area contributed by atoms with Gasteiger partial charge in [-0.25, -0.2) is 0 Å². The van der Waals surface area contributed by atoms with Gasteiger partial charge in [-0.05, 0) is 185 Å². The highest BCUT2D eigenvalue weighted by atomic mass is 32.1. The second-order valence-electron chi connectivity index (χ2n) is 27.2. The fraction of sp³-hybridized carbons (Fsp3) is 0.154. The van der Waals surface area contributed by atoms with Gasteiger partial charge in [-0.2, -0.15) is 0 Å². The Morgan fingerprint density at radius 2 is 1.15 bits per heavy atom. The fourth-order valence-electron chi connectivity index (χ4n) is 18.2. The Bertz CT molecular complexity index is 5350. The molecule has 19 rings (SSSR count). The van der Waals surface area contributed by atoms with Crippen LogP contribution in [0.3, 0.4) is 0 Å². The van der Waals surface area contributed by atoms with Crippen molar-refractivity contribution in [1.29, 1.82) is 0 Å². The van der Waals surface area contributed by atoms with Gasteiger partial charge in [0.2, 0.25) is 6.71 Å². The number of fused-ring (bicyclic) bond motifs is 16. The van der Waals surface area contributed by atoms with Gasteiger partial charge in [-0.1, -0.05) is 191 Å². The lowest BCUT2D eigenvalue weighted by molar-refractivity contribution is 0.662. The highest BCUT2D eigenvalue weighted by molar-refractivity contribution is 7.37. The SMILES string of the molecule is Cc1c(C)n2c3c(cc(-c4cccc5c4C(C)(C)c4ccc(-c6cc7c8c(c6)[Si](C)(C)c6c(sc9ccccc69)B8c6cc8ccccc8c8c(C)c(C)n-7c68)cc4-5)cc13)B1C3=C(c4ccccc4C3(C)C)N(c3ccccc3)c3cccc-2c31. The summed E-state index contributed by atoms with van der Waals surface area (Å²) in [6.45, 7) is 24.9. The summed E-state index contributed by atoms with van der Waals surface area (Å²) in [5.41, 5.74) is 34.9. The van der Waals surface area contributed by atoms with E-state index in [0.29, 0.717) is 0 Å². The Labute approximate surface area is 502 Å². The van der Waals surface area contributed by atoms with Crippen LogP contribution in [0.5, 0.6) is 0 Å². The van der Waals surface area contributed by atoms with Crippen LogP contribution >= 0.6 is 11.3 Å². The Hall–Kier alpha value is -8.61. The largest absolute Gasteiger partial charge is 0.315 e. The van der Waals surface area contributed by atoms with Crippen LogP contribution in [0.15, 0.2) is 194 Å². The minimum atomic E-state index is -2.30. The number of thiophene rings is 1. The second-order valence-corrected chi connectivity index (χ2v) is 32.5. The number of para-hydroxylation sites is 1. The van der Waals surface area contributed by atoms with Crippen LogP contribution in [0.1, 0.15) is 72.5 Å². The molecule has 3 nitrogen and oxygen atoms in total. The minimum Gasteiger partial charge on any atom is -0.315 e. The molecule has 0 saturated heterocycles. The first kappa shape index (κ1) is 48.7. The Morgan fingerprint density at radius 3 is 2.00 bits per heavy atom. The molecule has 2 aliphatic carbocycles. The monoisotopic (exact) mass is 1120 g/mol. The quantitative estimate of drug-likeness (QED) is 0.161. The highest BCUT2D eigenvalue weighted by Crippen LogP contribution is 2.57. The third-order valence-corrected chi connectivity index (χ3v) is 27.1. The molecule has 0 fully saturated rings. The molecule has 404 valence electrons. The summed E-state index contributed by atoms with van der Waals surface area (Å²) < 4.78 is 8.27. The molecule has 6 aliphatic rings. The van der Waals surface area contributed by atoms with Gasteiger partial charge in [0.25, 0.3) is 6.71 Å². The van der Waals surface area contributed by atoms with Gasteiger partial charge in [-0.15, -0.1) is 11.3 Å². The molecule has 0 N–H and O–H groups in total. The summed E-state index contributed by atoms with van der Waals surface area (Å²) in [6.07, 6.45) is 0. The predicted molar refractivity (Wildman–Crippen MR) is 368 cm³/mol. The van der Waals surface area contributed by atoms with E-state index in [0.717, 1.165) is 0 Å². The number of benzene rings is 10. The average Bonchev–Trinajstić information content (AvgIpc) is 1.86. The van der Waals surface area contributed by atoms with Gasteiger partial charge in [-0.3, -0.25) is 0 Å². The van der Waals surface area contributed by atoms with E-state index in [1.54, 1.807) is 15.1 Å². The first-order valence-corrected chi connectivity index (χ1v) is 34.5. The maximum absolute atomic E-state index is 2.68. The Balaban J connectivity index is 0.818. The lowest BCUT2D eigenvalue weighted by Gasteiger charge is -2.42. The molecule has 7 heteroatoms. The lowest BCUT2D eigenvalue weighted by Crippen LogP contribution is -2.77. The number of aromatic nitrogens is 2. The van der Waals surface area contributed by atoms with E-state index >= 15 is 0 Å². The molecule has 0 bridgehead atoms. The first-order chi connectivity index (χ1) is 41.1. The fourth-order valence-corrected chi connectivity index (χ4v) is 23.9. The molecule has 0 unspecified atom stereocenters. The van der Waals surface area contributed by atoms with Crippen molar-refractivity contribution >= 4 is 130 Å². The molecule has 3 aromatic heterocycles. The van der Waals surface area contributed by atoms with Crippen LogP contribution in [-0.4, -0.2) is 30.6 Å². The number of hydrogen-bond acceptors (Lipinski definition) is 2. The van der Waals surface area contributed by atoms with Crippen molar-refractivity contribution in [1.82, 2.24) is 9.13 Å². The van der Waals surface area contributed by atoms with Crippen LogP contribution in [-0.2, 0) is 10.8 Å². The van der Waals surface area contributed by atoms with Crippen LogP contribution in [0.4, 0.5) is 11.4 Å². The summed E-state index contributed by atoms with van der Waals surface area (Å²) >= 11 is 2.05. The maximum atomic E-state index is 2.68.